The number of nitrogens with zero attached hydrogens (tertiary/aromatic N) is 1. The lowest BCUT2D eigenvalue weighted by molar-refractivity contribution is 0.175. The molecule has 0 spiro atoms. The molecule has 1 fully saturated rings. The Morgan fingerprint density at radius 1 is 1.33 bits per heavy atom. The minimum absolute atomic E-state index is 0.211. The third-order valence-corrected chi connectivity index (χ3v) is 5.82. The van der Waals surface area contributed by atoms with Crippen LogP contribution in [-0.2, 0) is 0 Å². The Balaban J connectivity index is 2.00. The van der Waals surface area contributed by atoms with Crippen molar-refractivity contribution in [2.45, 2.75) is 56.6 Å². The number of thioether (sulfide) groups is 1. The fourth-order valence-corrected chi connectivity index (χ4v) is 4.01. The molecular weight excluding hydrogens is 338 g/mol. The van der Waals surface area contributed by atoms with Crippen LogP contribution < -0.4 is 4.90 Å². The fraction of sp³-hybridized carbons (Fsp3) is 0.600. The van der Waals surface area contributed by atoms with Crippen molar-refractivity contribution < 1.29 is 5.11 Å². The summed E-state index contributed by atoms with van der Waals surface area (Å²) in [4.78, 5) is 2.42. The largest absolute Gasteiger partial charge is 0.388 e. The molecule has 2 rings (SSSR count). The van der Waals surface area contributed by atoms with Crippen molar-refractivity contribution in [3.05, 3.63) is 42.0 Å². The standard InChI is InChI=1S/C20H30ClNOS/c1-3-4-5-6-7-19-18(21)12-14-22(19)17-10-8-16(9-11-17)20(23)13-15-24-2/h5-6,8-11,18-20,23H,3-4,7,12-15H2,1-2H3/b6-5-. The van der Waals surface area contributed by atoms with Gasteiger partial charge in [-0.15, -0.1) is 11.6 Å². The van der Waals surface area contributed by atoms with Crippen LogP contribution in [0.2, 0.25) is 0 Å². The second-order valence-corrected chi connectivity index (χ2v) is 8.00. The maximum absolute atomic E-state index is 10.2. The minimum Gasteiger partial charge on any atom is -0.388 e. The predicted molar refractivity (Wildman–Crippen MR) is 108 cm³/mol. The summed E-state index contributed by atoms with van der Waals surface area (Å²) in [7, 11) is 0. The van der Waals surface area contributed by atoms with Gasteiger partial charge >= 0.3 is 0 Å². The van der Waals surface area contributed by atoms with Crippen molar-refractivity contribution in [2.75, 3.05) is 23.5 Å². The SMILES string of the molecule is CCC/C=C\CC1C(Cl)CCN1c1ccc(C(O)CCSC)cc1. The lowest BCUT2D eigenvalue weighted by atomic mass is 10.1. The van der Waals surface area contributed by atoms with Crippen LogP contribution in [-0.4, -0.2) is 35.1 Å². The molecule has 1 aromatic rings. The van der Waals surface area contributed by atoms with E-state index in [0.717, 1.165) is 43.5 Å². The van der Waals surface area contributed by atoms with Gasteiger partial charge in [-0.2, -0.15) is 11.8 Å². The van der Waals surface area contributed by atoms with Crippen LogP contribution in [0.15, 0.2) is 36.4 Å². The average molecular weight is 368 g/mol. The van der Waals surface area contributed by atoms with E-state index < -0.39 is 0 Å². The summed E-state index contributed by atoms with van der Waals surface area (Å²) < 4.78 is 0. The molecule has 1 aliphatic rings. The van der Waals surface area contributed by atoms with Gasteiger partial charge in [0.15, 0.2) is 0 Å². The van der Waals surface area contributed by atoms with Crippen LogP contribution in [0.3, 0.4) is 0 Å². The summed E-state index contributed by atoms with van der Waals surface area (Å²) in [5.41, 5.74) is 2.22. The summed E-state index contributed by atoms with van der Waals surface area (Å²) in [6.07, 6.45) is 11.4. The van der Waals surface area contributed by atoms with Gasteiger partial charge in [0.05, 0.1) is 11.5 Å². The first-order valence-corrected chi connectivity index (χ1v) is 10.8. The van der Waals surface area contributed by atoms with Crippen LogP contribution in [0, 0.1) is 0 Å². The zero-order chi connectivity index (χ0) is 17.4. The van der Waals surface area contributed by atoms with Crippen LogP contribution in [0.25, 0.3) is 0 Å². The molecule has 2 nitrogen and oxygen atoms in total. The Kier molecular flexibility index (Phi) is 8.51. The molecule has 0 aromatic heterocycles. The number of aliphatic hydroxyl groups is 1. The van der Waals surface area contributed by atoms with Crippen molar-refractivity contribution in [1.82, 2.24) is 0 Å². The zero-order valence-electron chi connectivity index (χ0n) is 14.8. The molecule has 3 atom stereocenters. The summed E-state index contributed by atoms with van der Waals surface area (Å²) >= 11 is 8.33. The Morgan fingerprint density at radius 3 is 2.75 bits per heavy atom. The topological polar surface area (TPSA) is 23.5 Å². The van der Waals surface area contributed by atoms with Crippen molar-refractivity contribution in [2.24, 2.45) is 0 Å². The van der Waals surface area contributed by atoms with E-state index in [2.05, 4.69) is 54.5 Å². The molecule has 1 aliphatic heterocycles. The smallest absolute Gasteiger partial charge is 0.0798 e. The van der Waals surface area contributed by atoms with Gasteiger partial charge in [-0.3, -0.25) is 0 Å². The number of rotatable bonds is 9. The number of benzene rings is 1. The normalized spacial score (nSPS) is 22.4. The molecule has 0 saturated carbocycles. The summed E-state index contributed by atoms with van der Waals surface area (Å²) in [5.74, 6) is 0.981. The van der Waals surface area contributed by atoms with E-state index in [1.54, 1.807) is 11.8 Å². The Labute approximate surface area is 156 Å². The zero-order valence-corrected chi connectivity index (χ0v) is 16.4. The van der Waals surface area contributed by atoms with Crippen molar-refractivity contribution in [3.8, 4) is 0 Å². The van der Waals surface area contributed by atoms with Crippen LogP contribution >= 0.6 is 23.4 Å². The van der Waals surface area contributed by atoms with Gasteiger partial charge in [0.25, 0.3) is 0 Å². The van der Waals surface area contributed by atoms with Gasteiger partial charge in [-0.25, -0.2) is 0 Å². The first kappa shape index (κ1) is 19.7. The molecule has 24 heavy (non-hydrogen) atoms. The van der Waals surface area contributed by atoms with E-state index in [1.165, 1.54) is 12.1 Å². The lowest BCUT2D eigenvalue weighted by Gasteiger charge is -2.28. The molecule has 1 N–H and O–H groups in total. The van der Waals surface area contributed by atoms with E-state index in [-0.39, 0.29) is 11.5 Å². The first-order chi connectivity index (χ1) is 11.7. The fourth-order valence-electron chi connectivity index (χ4n) is 3.22. The van der Waals surface area contributed by atoms with Gasteiger partial charge in [0.2, 0.25) is 0 Å². The lowest BCUT2D eigenvalue weighted by Crippen LogP contribution is -2.32. The number of hydrogen-bond donors (Lipinski definition) is 1. The number of alkyl halides is 1. The molecular formula is C20H30ClNOS. The third-order valence-electron chi connectivity index (χ3n) is 4.67. The number of allylic oxidation sites excluding steroid dienone is 1. The third kappa shape index (κ3) is 5.44. The van der Waals surface area contributed by atoms with E-state index in [4.69, 9.17) is 11.6 Å². The van der Waals surface area contributed by atoms with E-state index in [1.807, 2.05) is 0 Å². The molecule has 134 valence electrons. The molecule has 1 saturated heterocycles. The van der Waals surface area contributed by atoms with E-state index in [9.17, 15) is 5.11 Å². The molecule has 3 unspecified atom stereocenters. The Bertz CT molecular complexity index is 505. The molecule has 0 amide bonds. The number of anilines is 1. The summed E-state index contributed by atoms with van der Waals surface area (Å²) in [6.45, 7) is 3.21. The molecule has 0 aliphatic carbocycles. The van der Waals surface area contributed by atoms with Crippen LogP contribution in [0.1, 0.15) is 50.7 Å². The number of aliphatic hydroxyl groups excluding tert-OH is 1. The first-order valence-electron chi connectivity index (χ1n) is 9.00. The second kappa shape index (κ2) is 10.4. The highest BCUT2D eigenvalue weighted by Gasteiger charge is 2.31. The summed E-state index contributed by atoms with van der Waals surface area (Å²) in [6, 6.07) is 8.76. The van der Waals surface area contributed by atoms with Crippen LogP contribution in [0.4, 0.5) is 5.69 Å². The predicted octanol–water partition coefficient (Wildman–Crippen LogP) is 5.41. The van der Waals surface area contributed by atoms with Gasteiger partial charge in [-0.05, 0) is 55.4 Å². The minimum atomic E-state index is -0.362. The van der Waals surface area contributed by atoms with Crippen LogP contribution in [0.5, 0.6) is 0 Å². The highest BCUT2D eigenvalue weighted by atomic mass is 35.5. The maximum atomic E-state index is 10.2. The van der Waals surface area contributed by atoms with Crippen molar-refractivity contribution in [1.29, 1.82) is 0 Å². The van der Waals surface area contributed by atoms with Gasteiger partial charge < -0.3 is 10.0 Å². The van der Waals surface area contributed by atoms with E-state index in [0.29, 0.717) is 6.04 Å². The summed E-state index contributed by atoms with van der Waals surface area (Å²) in [5, 5.41) is 10.4. The Morgan fingerprint density at radius 2 is 2.08 bits per heavy atom. The maximum Gasteiger partial charge on any atom is 0.0798 e. The quantitative estimate of drug-likeness (QED) is 0.466. The monoisotopic (exact) mass is 367 g/mol. The highest BCUT2D eigenvalue weighted by Crippen LogP contribution is 2.32. The molecule has 0 radical (unpaired) electrons. The number of hydrogen-bond acceptors (Lipinski definition) is 3. The number of halogens is 1. The average Bonchev–Trinajstić information content (AvgIpc) is 2.97. The molecule has 1 aromatic carbocycles. The van der Waals surface area contributed by atoms with Gasteiger partial charge in [0, 0.05) is 18.3 Å². The Hall–Kier alpha value is -0.640. The molecule has 1 heterocycles. The highest BCUT2D eigenvalue weighted by molar-refractivity contribution is 7.98. The van der Waals surface area contributed by atoms with E-state index >= 15 is 0 Å². The second-order valence-electron chi connectivity index (χ2n) is 6.45. The van der Waals surface area contributed by atoms with Crippen molar-refractivity contribution >= 4 is 29.1 Å². The van der Waals surface area contributed by atoms with Crippen molar-refractivity contribution in [3.63, 3.8) is 0 Å². The molecule has 0 bridgehead atoms. The van der Waals surface area contributed by atoms with Gasteiger partial charge in [-0.1, -0.05) is 37.6 Å². The van der Waals surface area contributed by atoms with Gasteiger partial charge in [0.1, 0.15) is 0 Å². The number of unbranched alkanes of at least 4 members (excludes halogenated alkanes) is 1. The molecule has 4 heteroatoms.